The Labute approximate surface area is 403 Å². The topological polar surface area (TPSA) is 191 Å². The number of likely N-dealkylation sites (tertiary alicyclic amines) is 2. The van der Waals surface area contributed by atoms with E-state index in [1.807, 2.05) is 60.7 Å². The average molecular weight is 939 g/mol. The monoisotopic (exact) mass is 939 g/mol. The summed E-state index contributed by atoms with van der Waals surface area (Å²) in [6, 6.07) is 16.1. The summed E-state index contributed by atoms with van der Waals surface area (Å²) in [5.74, 6) is 9.77. The molecular formula is C52H74N8O8. The molecule has 16 heteroatoms. The SMILES string of the molecule is CN[C@@H](C)C(=O)N[C@H](C(=O)N1CCC[C@H]1CN(CCc1ccccc1)C(C)=O)[C@@H](C)OCC#CC#CCO[C@H](C)[C@H](NC(=O)[C@H](C)NC)C(=O)N1CCC[C@H]1NC(CCc1ccccc1)C(C)=O. The Morgan fingerprint density at radius 3 is 1.68 bits per heavy atom. The summed E-state index contributed by atoms with van der Waals surface area (Å²) < 4.78 is 12.0. The lowest BCUT2D eigenvalue weighted by Gasteiger charge is -2.34. The number of hydrogen-bond acceptors (Lipinski definition) is 11. The quantitative estimate of drug-likeness (QED) is 0.0919. The maximum atomic E-state index is 14.2. The number of rotatable bonds is 25. The second-order valence-electron chi connectivity index (χ2n) is 17.7. The number of nitrogens with zero attached hydrogens (tertiary/aromatic N) is 3. The standard InChI is InChI=1S/C52H74N8O8/c1-36(53-7)49(63)56-47(51(65)59-30-19-25-44(59)35-58(41(6)62)32-29-43-23-15-12-16-24-43)39(4)67-33-17-9-10-18-34-68-40(5)48(57-50(64)37(2)54-8)52(66)60-31-20-26-46(60)55-45(38(3)61)28-27-42-21-13-11-14-22-42/h11-16,21-24,36-37,39-40,44-48,53-55H,19-20,25-35H2,1-8H3,(H,56,63)(H,57,64)/t36-,37-,39+,40+,44-,45?,46-,47-,48-/m0/s1. The van der Waals surface area contributed by atoms with Gasteiger partial charge in [0.1, 0.15) is 31.1 Å². The summed E-state index contributed by atoms with van der Waals surface area (Å²) in [5, 5.41) is 15.0. The Morgan fingerprint density at radius 2 is 1.18 bits per heavy atom. The van der Waals surface area contributed by atoms with E-state index < -0.39 is 48.6 Å². The van der Waals surface area contributed by atoms with Crippen LogP contribution in [0.1, 0.15) is 84.8 Å². The zero-order valence-electron chi connectivity index (χ0n) is 41.3. The Morgan fingerprint density at radius 1 is 0.691 bits per heavy atom. The number of aryl methyl sites for hydroxylation is 1. The van der Waals surface area contributed by atoms with E-state index in [0.29, 0.717) is 51.9 Å². The van der Waals surface area contributed by atoms with Crippen molar-refractivity contribution in [3.8, 4) is 23.7 Å². The van der Waals surface area contributed by atoms with Gasteiger partial charge >= 0.3 is 0 Å². The van der Waals surface area contributed by atoms with Gasteiger partial charge in [-0.2, -0.15) is 0 Å². The summed E-state index contributed by atoms with van der Waals surface area (Å²) in [7, 11) is 3.32. The van der Waals surface area contributed by atoms with E-state index in [-0.39, 0.29) is 54.6 Å². The van der Waals surface area contributed by atoms with Gasteiger partial charge in [-0.3, -0.25) is 34.1 Å². The maximum Gasteiger partial charge on any atom is 0.249 e. The van der Waals surface area contributed by atoms with Gasteiger partial charge in [0.2, 0.25) is 29.5 Å². The molecule has 0 radical (unpaired) electrons. The van der Waals surface area contributed by atoms with Gasteiger partial charge in [-0.05, 0) is 117 Å². The molecule has 4 rings (SSSR count). The van der Waals surface area contributed by atoms with Crippen molar-refractivity contribution in [2.24, 2.45) is 0 Å². The molecule has 5 N–H and O–H groups in total. The molecule has 0 saturated carbocycles. The third kappa shape index (κ3) is 17.2. The third-order valence-corrected chi connectivity index (χ3v) is 12.8. The molecule has 68 heavy (non-hydrogen) atoms. The first-order valence-electron chi connectivity index (χ1n) is 24.0. The molecule has 2 fully saturated rings. The van der Waals surface area contributed by atoms with E-state index in [9.17, 15) is 28.8 Å². The van der Waals surface area contributed by atoms with Gasteiger partial charge in [0.05, 0.1) is 36.5 Å². The Kier molecular flexibility index (Phi) is 23.2. The van der Waals surface area contributed by atoms with Crippen LogP contribution in [0.25, 0.3) is 0 Å². The highest BCUT2D eigenvalue weighted by Gasteiger charge is 2.40. The minimum Gasteiger partial charge on any atom is -0.363 e. The molecule has 370 valence electrons. The number of ether oxygens (including phenoxy) is 2. The van der Waals surface area contributed by atoms with Crippen molar-refractivity contribution < 1.29 is 38.2 Å². The van der Waals surface area contributed by atoms with E-state index in [4.69, 9.17) is 9.47 Å². The van der Waals surface area contributed by atoms with Crippen molar-refractivity contribution in [2.75, 3.05) is 53.5 Å². The summed E-state index contributed by atoms with van der Waals surface area (Å²) in [4.78, 5) is 85.3. The lowest BCUT2D eigenvalue weighted by atomic mass is 10.0. The van der Waals surface area contributed by atoms with Crippen LogP contribution in [-0.2, 0) is 51.1 Å². The number of nitrogens with one attached hydrogen (secondary N) is 5. The van der Waals surface area contributed by atoms with Crippen LogP contribution in [0.5, 0.6) is 0 Å². The second kappa shape index (κ2) is 28.6. The van der Waals surface area contributed by atoms with E-state index in [0.717, 1.165) is 30.4 Å². The maximum absolute atomic E-state index is 14.2. The van der Waals surface area contributed by atoms with Crippen LogP contribution >= 0.6 is 0 Å². The predicted octanol–water partition coefficient (Wildman–Crippen LogP) is 2.20. The van der Waals surface area contributed by atoms with E-state index >= 15 is 0 Å². The summed E-state index contributed by atoms with van der Waals surface area (Å²) in [6.45, 7) is 11.6. The van der Waals surface area contributed by atoms with Crippen LogP contribution in [-0.4, -0.2) is 158 Å². The van der Waals surface area contributed by atoms with Gasteiger partial charge < -0.3 is 45.4 Å². The number of benzene rings is 2. The fraction of sp³-hybridized carbons (Fsp3) is 0.577. The molecule has 2 saturated heterocycles. The second-order valence-corrected chi connectivity index (χ2v) is 17.7. The number of ketones is 1. The number of hydrogen-bond donors (Lipinski definition) is 5. The zero-order chi connectivity index (χ0) is 49.6. The zero-order valence-corrected chi connectivity index (χ0v) is 41.3. The average Bonchev–Trinajstić information content (AvgIpc) is 4.02. The molecule has 2 heterocycles. The molecule has 0 aromatic heterocycles. The number of carbonyl (C=O) groups is 6. The lowest BCUT2D eigenvalue weighted by Crippen LogP contribution is -2.60. The molecule has 2 aliphatic rings. The van der Waals surface area contributed by atoms with Crippen molar-refractivity contribution in [3.63, 3.8) is 0 Å². The predicted molar refractivity (Wildman–Crippen MR) is 262 cm³/mol. The van der Waals surface area contributed by atoms with E-state index in [1.54, 1.807) is 70.3 Å². The van der Waals surface area contributed by atoms with Gasteiger partial charge in [0.15, 0.2) is 0 Å². The summed E-state index contributed by atoms with van der Waals surface area (Å²) >= 11 is 0. The number of likely N-dealkylation sites (N-methyl/N-ethyl adjacent to an activating group) is 2. The molecule has 2 aliphatic heterocycles. The highest BCUT2D eigenvalue weighted by atomic mass is 16.5. The first kappa shape index (κ1) is 55.0. The molecule has 9 atom stereocenters. The first-order chi connectivity index (χ1) is 32.6. The minimum atomic E-state index is -1.03. The molecule has 2 aromatic carbocycles. The van der Waals surface area contributed by atoms with Gasteiger partial charge in [-0.15, -0.1) is 0 Å². The minimum absolute atomic E-state index is 0.00824. The Hall–Kier alpha value is -5.62. The van der Waals surface area contributed by atoms with E-state index in [2.05, 4.69) is 50.3 Å². The Balaban J connectivity index is 1.36. The molecule has 0 bridgehead atoms. The number of Topliss-reactive ketones (excluding diaryl/α,β-unsaturated/α-hetero) is 1. The van der Waals surface area contributed by atoms with Crippen LogP contribution in [0, 0.1) is 23.7 Å². The molecule has 1 unspecified atom stereocenters. The van der Waals surface area contributed by atoms with Crippen LogP contribution in [0.15, 0.2) is 60.7 Å². The van der Waals surface area contributed by atoms with Crippen LogP contribution < -0.4 is 26.6 Å². The number of amides is 5. The molecule has 2 aromatic rings. The van der Waals surface area contributed by atoms with Gasteiger partial charge in [0.25, 0.3) is 0 Å². The van der Waals surface area contributed by atoms with Crippen LogP contribution in [0.2, 0.25) is 0 Å². The Bertz CT molecular complexity index is 1940. The number of carbonyl (C=O) groups excluding carboxylic acids is 6. The fourth-order valence-electron chi connectivity index (χ4n) is 8.29. The van der Waals surface area contributed by atoms with Crippen molar-refractivity contribution in [2.45, 2.75) is 141 Å². The largest absolute Gasteiger partial charge is 0.363 e. The lowest BCUT2D eigenvalue weighted by molar-refractivity contribution is -0.142. The highest BCUT2D eigenvalue weighted by Crippen LogP contribution is 2.22. The van der Waals surface area contributed by atoms with Crippen molar-refractivity contribution in [1.29, 1.82) is 0 Å². The molecule has 0 aliphatic carbocycles. The van der Waals surface area contributed by atoms with Gasteiger partial charge in [-0.1, -0.05) is 72.5 Å². The summed E-state index contributed by atoms with van der Waals surface area (Å²) in [5.41, 5.74) is 2.25. The van der Waals surface area contributed by atoms with E-state index in [1.165, 1.54) is 0 Å². The fourth-order valence-corrected chi connectivity index (χ4v) is 8.29. The molecule has 16 nitrogen and oxygen atoms in total. The highest BCUT2D eigenvalue weighted by molar-refractivity contribution is 5.91. The van der Waals surface area contributed by atoms with Crippen molar-refractivity contribution >= 4 is 35.3 Å². The smallest absolute Gasteiger partial charge is 0.249 e. The van der Waals surface area contributed by atoms with Crippen LogP contribution in [0.3, 0.4) is 0 Å². The first-order valence-corrected chi connectivity index (χ1v) is 24.0. The van der Waals surface area contributed by atoms with Gasteiger partial charge in [0, 0.05) is 39.1 Å². The van der Waals surface area contributed by atoms with Crippen molar-refractivity contribution in [3.05, 3.63) is 71.8 Å². The molecule has 5 amide bonds. The molecule has 0 spiro atoms. The van der Waals surface area contributed by atoms with Gasteiger partial charge in [-0.25, -0.2) is 0 Å². The normalized spacial score (nSPS) is 18.6. The van der Waals surface area contributed by atoms with Crippen molar-refractivity contribution in [1.82, 2.24) is 41.3 Å². The van der Waals surface area contributed by atoms with Crippen LogP contribution in [0.4, 0.5) is 0 Å². The molecular weight excluding hydrogens is 865 g/mol. The third-order valence-electron chi connectivity index (χ3n) is 12.8. The summed E-state index contributed by atoms with van der Waals surface area (Å²) in [6.07, 6.45) is 2.96.